The second-order valence-electron chi connectivity index (χ2n) is 6.55. The lowest BCUT2D eigenvalue weighted by Crippen LogP contribution is -2.35. The molecular weight excluding hydrogens is 408 g/mol. The molecule has 0 aliphatic carbocycles. The molecule has 0 radical (unpaired) electrons. The highest BCUT2D eigenvalue weighted by atomic mass is 32.2. The summed E-state index contributed by atoms with van der Waals surface area (Å²) in [6, 6.07) is 5.89. The second-order valence-corrected chi connectivity index (χ2v) is 9.07. The van der Waals surface area contributed by atoms with Crippen LogP contribution in [0.15, 0.2) is 22.5 Å². The summed E-state index contributed by atoms with van der Waals surface area (Å²) in [6.45, 7) is 10.4. The maximum atomic E-state index is 10.2. The second kappa shape index (κ2) is 13.0. The van der Waals surface area contributed by atoms with Crippen molar-refractivity contribution in [3.05, 3.63) is 28.8 Å². The molecule has 0 saturated carbocycles. The zero-order valence-electron chi connectivity index (χ0n) is 17.7. The van der Waals surface area contributed by atoms with Gasteiger partial charge in [0, 0.05) is 25.4 Å². The van der Waals surface area contributed by atoms with Gasteiger partial charge in [-0.25, -0.2) is 0 Å². The first-order valence-electron chi connectivity index (χ1n) is 9.89. The SMILES string of the molecule is CCN(CC)CC(O)COc1ccc(CNCCSc2nnc(C)s2)cc1OC. The van der Waals surface area contributed by atoms with Crippen LogP contribution < -0.4 is 14.8 Å². The number of aliphatic hydroxyl groups excluding tert-OH is 1. The van der Waals surface area contributed by atoms with E-state index in [4.69, 9.17) is 9.47 Å². The van der Waals surface area contributed by atoms with E-state index < -0.39 is 6.10 Å². The summed E-state index contributed by atoms with van der Waals surface area (Å²) >= 11 is 3.34. The third-order valence-electron chi connectivity index (χ3n) is 4.36. The van der Waals surface area contributed by atoms with E-state index in [9.17, 15) is 5.11 Å². The maximum Gasteiger partial charge on any atom is 0.174 e. The van der Waals surface area contributed by atoms with E-state index in [2.05, 4.69) is 34.3 Å². The van der Waals surface area contributed by atoms with Crippen LogP contribution in [0.1, 0.15) is 24.4 Å². The lowest BCUT2D eigenvalue weighted by Gasteiger charge is -2.22. The molecule has 0 aliphatic heterocycles. The van der Waals surface area contributed by atoms with Crippen LogP contribution in [0.2, 0.25) is 0 Å². The highest BCUT2D eigenvalue weighted by molar-refractivity contribution is 8.01. The lowest BCUT2D eigenvalue weighted by atomic mass is 10.2. The number of hydrogen-bond acceptors (Lipinski definition) is 9. The zero-order chi connectivity index (χ0) is 21.1. The predicted octanol–water partition coefficient (Wildman–Crippen LogP) is 2.82. The van der Waals surface area contributed by atoms with Crippen LogP contribution in [0.4, 0.5) is 0 Å². The monoisotopic (exact) mass is 440 g/mol. The molecule has 2 N–H and O–H groups in total. The molecule has 1 atom stereocenters. The first kappa shape index (κ1) is 23.9. The maximum absolute atomic E-state index is 10.2. The minimum atomic E-state index is -0.532. The van der Waals surface area contributed by atoms with Crippen molar-refractivity contribution in [1.82, 2.24) is 20.4 Å². The summed E-state index contributed by atoms with van der Waals surface area (Å²) < 4.78 is 12.3. The van der Waals surface area contributed by atoms with Crippen molar-refractivity contribution in [2.24, 2.45) is 0 Å². The number of aryl methyl sites for hydroxylation is 1. The standard InChI is InChI=1S/C20H32N4O3S2/c1-5-24(6-2)13-17(25)14-27-18-8-7-16(11-19(18)26-4)12-21-9-10-28-20-23-22-15(3)29-20/h7-8,11,17,21,25H,5-6,9-10,12-14H2,1-4H3. The average Bonchev–Trinajstić information content (AvgIpc) is 3.15. The van der Waals surface area contributed by atoms with Gasteiger partial charge in [-0.1, -0.05) is 43.0 Å². The van der Waals surface area contributed by atoms with Gasteiger partial charge >= 0.3 is 0 Å². The zero-order valence-corrected chi connectivity index (χ0v) is 19.3. The molecule has 1 aromatic carbocycles. The van der Waals surface area contributed by atoms with E-state index in [-0.39, 0.29) is 6.61 Å². The van der Waals surface area contributed by atoms with E-state index >= 15 is 0 Å². The molecule has 162 valence electrons. The molecule has 2 rings (SSSR count). The van der Waals surface area contributed by atoms with Gasteiger partial charge in [-0.15, -0.1) is 10.2 Å². The van der Waals surface area contributed by atoms with Crippen LogP contribution in [-0.2, 0) is 6.54 Å². The Labute approximate surface area is 181 Å². The van der Waals surface area contributed by atoms with Gasteiger partial charge in [-0.2, -0.15) is 0 Å². The van der Waals surface area contributed by atoms with Crippen LogP contribution in [0, 0.1) is 6.92 Å². The number of rotatable bonds is 14. The van der Waals surface area contributed by atoms with Crippen LogP contribution in [0.3, 0.4) is 0 Å². The van der Waals surface area contributed by atoms with Crippen LogP contribution in [0.5, 0.6) is 11.5 Å². The number of aromatic nitrogens is 2. The van der Waals surface area contributed by atoms with E-state index in [1.54, 1.807) is 30.2 Å². The molecule has 2 aromatic rings. The molecule has 1 unspecified atom stereocenters. The van der Waals surface area contributed by atoms with Gasteiger partial charge in [0.15, 0.2) is 15.8 Å². The summed E-state index contributed by atoms with van der Waals surface area (Å²) in [7, 11) is 1.63. The van der Waals surface area contributed by atoms with Crippen LogP contribution in [0.25, 0.3) is 0 Å². The number of hydrogen-bond donors (Lipinski definition) is 2. The number of nitrogens with one attached hydrogen (secondary N) is 1. The van der Waals surface area contributed by atoms with E-state index in [0.29, 0.717) is 18.0 Å². The van der Waals surface area contributed by atoms with Crippen LogP contribution in [-0.4, -0.2) is 72.0 Å². The molecule has 0 fully saturated rings. The molecule has 7 nitrogen and oxygen atoms in total. The third kappa shape index (κ3) is 8.47. The summed E-state index contributed by atoms with van der Waals surface area (Å²) in [5, 5.41) is 22.7. The van der Waals surface area contributed by atoms with E-state index in [1.807, 2.05) is 25.1 Å². The van der Waals surface area contributed by atoms with Gasteiger partial charge in [0.1, 0.15) is 17.7 Å². The van der Waals surface area contributed by atoms with Gasteiger partial charge in [-0.3, -0.25) is 0 Å². The Morgan fingerprint density at radius 2 is 2.03 bits per heavy atom. The minimum absolute atomic E-state index is 0.243. The van der Waals surface area contributed by atoms with Crippen molar-refractivity contribution in [2.75, 3.05) is 45.6 Å². The molecule has 1 aromatic heterocycles. The number of ether oxygens (including phenoxy) is 2. The van der Waals surface area contributed by atoms with Gasteiger partial charge in [0.25, 0.3) is 0 Å². The average molecular weight is 441 g/mol. The van der Waals surface area contributed by atoms with Crippen LogP contribution >= 0.6 is 23.1 Å². The number of thioether (sulfide) groups is 1. The van der Waals surface area contributed by atoms with Crippen molar-refractivity contribution in [3.63, 3.8) is 0 Å². The Balaban J connectivity index is 1.75. The Morgan fingerprint density at radius 1 is 1.24 bits per heavy atom. The van der Waals surface area contributed by atoms with E-state index in [1.165, 1.54) is 0 Å². The lowest BCUT2D eigenvalue weighted by molar-refractivity contribution is 0.0705. The smallest absolute Gasteiger partial charge is 0.174 e. The molecule has 1 heterocycles. The topological polar surface area (TPSA) is 79.7 Å². The Morgan fingerprint density at radius 3 is 2.69 bits per heavy atom. The van der Waals surface area contributed by atoms with Crippen molar-refractivity contribution < 1.29 is 14.6 Å². The fourth-order valence-electron chi connectivity index (χ4n) is 2.74. The molecule has 0 bridgehead atoms. The summed E-state index contributed by atoms with van der Waals surface area (Å²) in [5.41, 5.74) is 1.12. The fourth-order valence-corrected chi connectivity index (χ4v) is 4.52. The Bertz CT molecular complexity index is 726. The van der Waals surface area contributed by atoms with Gasteiger partial charge in [0.2, 0.25) is 0 Å². The summed E-state index contributed by atoms with van der Waals surface area (Å²) in [5.74, 6) is 2.27. The summed E-state index contributed by atoms with van der Waals surface area (Å²) in [4.78, 5) is 2.17. The number of likely N-dealkylation sites (N-methyl/N-ethyl adjacent to an activating group) is 1. The number of methoxy groups -OCH3 is 1. The van der Waals surface area contributed by atoms with Crippen molar-refractivity contribution >= 4 is 23.1 Å². The molecule has 0 aliphatic rings. The Hall–Kier alpha value is -1.39. The number of aliphatic hydroxyl groups is 1. The first-order chi connectivity index (χ1) is 14.0. The van der Waals surface area contributed by atoms with Gasteiger partial charge < -0.3 is 24.8 Å². The number of nitrogens with zero attached hydrogens (tertiary/aromatic N) is 3. The normalized spacial score (nSPS) is 12.3. The fraction of sp³-hybridized carbons (Fsp3) is 0.600. The highest BCUT2D eigenvalue weighted by Gasteiger charge is 2.12. The molecule has 0 saturated heterocycles. The Kier molecular flexibility index (Phi) is 10.7. The van der Waals surface area contributed by atoms with Gasteiger partial charge in [0.05, 0.1) is 7.11 Å². The molecular formula is C20H32N4O3S2. The highest BCUT2D eigenvalue weighted by Crippen LogP contribution is 2.28. The van der Waals surface area contributed by atoms with E-state index in [0.717, 1.165) is 46.8 Å². The van der Waals surface area contributed by atoms with Gasteiger partial charge in [-0.05, 0) is 37.7 Å². The minimum Gasteiger partial charge on any atom is -0.493 e. The molecule has 0 spiro atoms. The quantitative estimate of drug-likeness (QED) is 0.343. The largest absolute Gasteiger partial charge is 0.493 e. The molecule has 0 amide bonds. The van der Waals surface area contributed by atoms with Crippen molar-refractivity contribution in [3.8, 4) is 11.5 Å². The third-order valence-corrected chi connectivity index (χ3v) is 6.34. The molecule has 29 heavy (non-hydrogen) atoms. The van der Waals surface area contributed by atoms with Crippen molar-refractivity contribution in [2.45, 2.75) is 37.8 Å². The predicted molar refractivity (Wildman–Crippen MR) is 119 cm³/mol. The first-order valence-corrected chi connectivity index (χ1v) is 11.7. The van der Waals surface area contributed by atoms with Crippen molar-refractivity contribution in [1.29, 1.82) is 0 Å². The molecule has 9 heteroatoms. The number of benzene rings is 1. The summed E-state index contributed by atoms with van der Waals surface area (Å²) in [6.07, 6.45) is -0.532.